The SMILES string of the molecule is CCCCCCCCCCCCCCCCCCCC/C=C/CCCC(=O)O[C@H](COC(=O)CCCCCCCCCCCCCCCCCCCCCC)COP(=O)(O)OCCN. The lowest BCUT2D eigenvalue weighted by Crippen LogP contribution is -2.29. The number of rotatable bonds is 53. The summed E-state index contributed by atoms with van der Waals surface area (Å²) in [6, 6.07) is 0. The van der Waals surface area contributed by atoms with E-state index in [2.05, 4.69) is 26.0 Å². The molecule has 0 amide bonds. The summed E-state index contributed by atoms with van der Waals surface area (Å²) in [4.78, 5) is 35.1. The molecule has 0 radical (unpaired) electrons. The van der Waals surface area contributed by atoms with Gasteiger partial charge in [0.05, 0.1) is 13.2 Å². The van der Waals surface area contributed by atoms with Crippen LogP contribution in [0.1, 0.15) is 290 Å². The molecule has 0 saturated heterocycles. The Hall–Kier alpha value is -1.25. The molecular formula is C54H106NO8P. The molecule has 0 aliphatic heterocycles. The molecular weight excluding hydrogens is 822 g/mol. The van der Waals surface area contributed by atoms with Crippen LogP contribution >= 0.6 is 7.82 Å². The molecule has 0 aromatic heterocycles. The standard InChI is InChI=1S/C54H106NO8P/c1-3-5-7-9-11-13-15-17-19-21-23-25-26-27-29-31-33-35-37-39-41-43-45-47-54(57)63-52(51-62-64(58,59)61-49-48-55)50-60-53(56)46-44-42-40-38-36-34-32-30-28-24-22-20-18-16-14-12-10-8-6-4-2/h39,41,52H,3-38,40,42-51,55H2,1-2H3,(H,58,59)/b41-39+/t52-/m1/s1. The molecule has 0 spiro atoms. The molecule has 0 fully saturated rings. The minimum atomic E-state index is -4.39. The number of phosphoric ester groups is 1. The van der Waals surface area contributed by atoms with E-state index in [4.69, 9.17) is 24.3 Å². The summed E-state index contributed by atoms with van der Waals surface area (Å²) in [5.74, 6) is -0.846. The van der Waals surface area contributed by atoms with Gasteiger partial charge in [0.1, 0.15) is 6.61 Å². The Morgan fingerprint density at radius 1 is 0.453 bits per heavy atom. The van der Waals surface area contributed by atoms with Crippen molar-refractivity contribution in [2.75, 3.05) is 26.4 Å². The van der Waals surface area contributed by atoms with Gasteiger partial charge in [-0.15, -0.1) is 0 Å². The van der Waals surface area contributed by atoms with E-state index in [1.807, 2.05) is 0 Å². The van der Waals surface area contributed by atoms with Crippen LogP contribution in [-0.2, 0) is 32.7 Å². The van der Waals surface area contributed by atoms with E-state index in [0.29, 0.717) is 6.42 Å². The molecule has 0 bridgehead atoms. The number of carbonyl (C=O) groups excluding carboxylic acids is 2. The van der Waals surface area contributed by atoms with Crippen LogP contribution in [0.2, 0.25) is 0 Å². The molecule has 64 heavy (non-hydrogen) atoms. The van der Waals surface area contributed by atoms with Gasteiger partial charge in [-0.25, -0.2) is 4.57 Å². The van der Waals surface area contributed by atoms with E-state index in [0.717, 1.165) is 32.1 Å². The van der Waals surface area contributed by atoms with Crippen molar-refractivity contribution < 1.29 is 37.6 Å². The molecule has 3 N–H and O–H groups in total. The minimum Gasteiger partial charge on any atom is -0.462 e. The van der Waals surface area contributed by atoms with Crippen LogP contribution in [0.25, 0.3) is 0 Å². The fourth-order valence-electron chi connectivity index (χ4n) is 8.29. The largest absolute Gasteiger partial charge is 0.472 e. The van der Waals surface area contributed by atoms with E-state index < -0.39 is 26.5 Å². The van der Waals surface area contributed by atoms with Crippen LogP contribution in [0.5, 0.6) is 0 Å². The van der Waals surface area contributed by atoms with Crippen molar-refractivity contribution in [2.24, 2.45) is 5.73 Å². The number of hydrogen-bond acceptors (Lipinski definition) is 8. The highest BCUT2D eigenvalue weighted by Gasteiger charge is 2.26. The molecule has 380 valence electrons. The molecule has 0 heterocycles. The lowest BCUT2D eigenvalue weighted by atomic mass is 10.0. The van der Waals surface area contributed by atoms with Crippen LogP contribution in [0.4, 0.5) is 0 Å². The summed E-state index contributed by atoms with van der Waals surface area (Å²) in [5.41, 5.74) is 5.37. The van der Waals surface area contributed by atoms with Gasteiger partial charge < -0.3 is 20.1 Å². The van der Waals surface area contributed by atoms with E-state index in [1.54, 1.807) is 0 Å². The topological polar surface area (TPSA) is 134 Å². The summed E-state index contributed by atoms with van der Waals surface area (Å²) >= 11 is 0. The number of allylic oxidation sites excluding steroid dienone is 2. The van der Waals surface area contributed by atoms with E-state index in [-0.39, 0.29) is 38.6 Å². The van der Waals surface area contributed by atoms with Crippen LogP contribution in [-0.4, -0.2) is 49.3 Å². The van der Waals surface area contributed by atoms with Crippen LogP contribution < -0.4 is 5.73 Å². The molecule has 0 aromatic rings. The number of unbranched alkanes of at least 4 members (excludes halogenated alkanes) is 38. The molecule has 0 aliphatic rings. The first-order valence-electron chi connectivity index (χ1n) is 27.7. The molecule has 2 atom stereocenters. The maximum atomic E-state index is 12.7. The monoisotopic (exact) mass is 928 g/mol. The third-order valence-electron chi connectivity index (χ3n) is 12.4. The predicted molar refractivity (Wildman–Crippen MR) is 271 cm³/mol. The van der Waals surface area contributed by atoms with E-state index in [1.165, 1.54) is 225 Å². The number of ether oxygens (including phenoxy) is 2. The summed E-state index contributed by atoms with van der Waals surface area (Å²) in [5, 5.41) is 0. The maximum absolute atomic E-state index is 12.7. The highest BCUT2D eigenvalue weighted by molar-refractivity contribution is 7.47. The quantitative estimate of drug-likeness (QED) is 0.0265. The number of hydrogen-bond donors (Lipinski definition) is 2. The Balaban J connectivity index is 3.99. The number of carbonyl (C=O) groups is 2. The lowest BCUT2D eigenvalue weighted by molar-refractivity contribution is -0.161. The van der Waals surface area contributed by atoms with Crippen molar-refractivity contribution in [1.29, 1.82) is 0 Å². The van der Waals surface area contributed by atoms with Gasteiger partial charge in [0.25, 0.3) is 0 Å². The number of nitrogens with two attached hydrogens (primary N) is 1. The Morgan fingerprint density at radius 2 is 0.781 bits per heavy atom. The summed E-state index contributed by atoms with van der Waals surface area (Å²) in [6.07, 6.45) is 57.0. The zero-order valence-corrected chi connectivity index (χ0v) is 43.2. The summed E-state index contributed by atoms with van der Waals surface area (Å²) in [7, 11) is -4.39. The maximum Gasteiger partial charge on any atom is 0.472 e. The summed E-state index contributed by atoms with van der Waals surface area (Å²) in [6.45, 7) is 3.78. The normalized spacial score (nSPS) is 13.1. The Labute approximate surface area is 396 Å². The summed E-state index contributed by atoms with van der Waals surface area (Å²) < 4.78 is 33.0. The molecule has 0 aromatic carbocycles. The van der Waals surface area contributed by atoms with Gasteiger partial charge in [0, 0.05) is 19.4 Å². The highest BCUT2D eigenvalue weighted by atomic mass is 31.2. The first-order chi connectivity index (χ1) is 31.3. The third kappa shape index (κ3) is 50.2. The van der Waals surface area contributed by atoms with Crippen molar-refractivity contribution >= 4 is 19.8 Å². The smallest absolute Gasteiger partial charge is 0.462 e. The number of esters is 2. The first-order valence-corrected chi connectivity index (χ1v) is 29.2. The van der Waals surface area contributed by atoms with Gasteiger partial charge >= 0.3 is 19.8 Å². The molecule has 0 aliphatic carbocycles. The third-order valence-corrected chi connectivity index (χ3v) is 13.4. The molecule has 0 rings (SSSR count). The van der Waals surface area contributed by atoms with E-state index >= 15 is 0 Å². The second kappa shape index (κ2) is 51.1. The van der Waals surface area contributed by atoms with Crippen molar-refractivity contribution in [3.05, 3.63) is 12.2 Å². The molecule has 9 nitrogen and oxygen atoms in total. The van der Waals surface area contributed by atoms with Gasteiger partial charge in [-0.2, -0.15) is 0 Å². The number of phosphoric acid groups is 1. The van der Waals surface area contributed by atoms with Crippen LogP contribution in [0.15, 0.2) is 12.2 Å². The van der Waals surface area contributed by atoms with Gasteiger partial charge in [-0.05, 0) is 32.1 Å². The first kappa shape index (κ1) is 62.8. The fourth-order valence-corrected chi connectivity index (χ4v) is 9.06. The zero-order valence-electron chi connectivity index (χ0n) is 42.3. The van der Waals surface area contributed by atoms with Crippen molar-refractivity contribution in [2.45, 2.75) is 296 Å². The average Bonchev–Trinajstić information content (AvgIpc) is 3.28. The fraction of sp³-hybridized carbons (Fsp3) is 0.926. The minimum absolute atomic E-state index is 0.0530. The Morgan fingerprint density at radius 3 is 1.16 bits per heavy atom. The molecule has 1 unspecified atom stereocenters. The molecule has 0 saturated carbocycles. The van der Waals surface area contributed by atoms with Crippen LogP contribution in [0, 0.1) is 0 Å². The zero-order chi connectivity index (χ0) is 46.7. The Kier molecular flexibility index (Phi) is 50.1. The molecule has 10 heteroatoms. The van der Waals surface area contributed by atoms with Gasteiger partial charge in [-0.1, -0.05) is 257 Å². The van der Waals surface area contributed by atoms with Crippen LogP contribution in [0.3, 0.4) is 0 Å². The lowest BCUT2D eigenvalue weighted by Gasteiger charge is -2.19. The predicted octanol–water partition coefficient (Wildman–Crippen LogP) is 16.9. The second-order valence-corrected chi connectivity index (χ2v) is 20.3. The van der Waals surface area contributed by atoms with Gasteiger partial charge in [0.2, 0.25) is 0 Å². The average molecular weight is 928 g/mol. The van der Waals surface area contributed by atoms with E-state index in [9.17, 15) is 19.0 Å². The van der Waals surface area contributed by atoms with Crippen molar-refractivity contribution in [3.63, 3.8) is 0 Å². The van der Waals surface area contributed by atoms with Gasteiger partial charge in [-0.3, -0.25) is 18.6 Å². The van der Waals surface area contributed by atoms with Gasteiger partial charge in [0.15, 0.2) is 6.10 Å². The Bertz CT molecular complexity index is 1060. The van der Waals surface area contributed by atoms with Crippen molar-refractivity contribution in [3.8, 4) is 0 Å². The van der Waals surface area contributed by atoms with Crippen molar-refractivity contribution in [1.82, 2.24) is 0 Å². The highest BCUT2D eigenvalue weighted by Crippen LogP contribution is 2.43. The second-order valence-electron chi connectivity index (χ2n) is 18.8.